The third kappa shape index (κ3) is 1.54. The predicted octanol–water partition coefficient (Wildman–Crippen LogP) is 1.41. The van der Waals surface area contributed by atoms with Gasteiger partial charge in [-0.3, -0.25) is 0 Å². The zero-order valence-corrected chi connectivity index (χ0v) is 8.20. The molecule has 0 spiro atoms. The summed E-state index contributed by atoms with van der Waals surface area (Å²) in [6.07, 6.45) is 4.85. The fraction of sp³-hybridized carbons (Fsp3) is 0.800. The standard InChI is InChI=1S/C10H15N3O/c1-2-8(6-11-5-1)10-13-12-9(14-10)7-3-4-7/h7-8,11H,1-6H2. The summed E-state index contributed by atoms with van der Waals surface area (Å²) in [7, 11) is 0. The van der Waals surface area contributed by atoms with Crippen molar-refractivity contribution in [3.05, 3.63) is 11.8 Å². The Morgan fingerprint density at radius 1 is 1.07 bits per heavy atom. The normalized spacial score (nSPS) is 27.9. The van der Waals surface area contributed by atoms with Gasteiger partial charge in [0.2, 0.25) is 11.8 Å². The van der Waals surface area contributed by atoms with E-state index in [1.165, 1.54) is 25.7 Å². The van der Waals surface area contributed by atoms with E-state index in [2.05, 4.69) is 15.5 Å². The van der Waals surface area contributed by atoms with Gasteiger partial charge in [-0.1, -0.05) is 0 Å². The number of hydrogen-bond donors (Lipinski definition) is 1. The van der Waals surface area contributed by atoms with Crippen LogP contribution in [-0.4, -0.2) is 23.3 Å². The molecule has 0 radical (unpaired) electrons. The number of nitrogens with one attached hydrogen (secondary N) is 1. The molecule has 1 N–H and O–H groups in total. The van der Waals surface area contributed by atoms with E-state index in [1.54, 1.807) is 0 Å². The zero-order chi connectivity index (χ0) is 9.38. The number of rotatable bonds is 2. The number of hydrogen-bond acceptors (Lipinski definition) is 4. The van der Waals surface area contributed by atoms with Crippen LogP contribution in [0.25, 0.3) is 0 Å². The Hall–Kier alpha value is -0.900. The third-order valence-corrected chi connectivity index (χ3v) is 3.03. The van der Waals surface area contributed by atoms with Crippen molar-refractivity contribution in [3.63, 3.8) is 0 Å². The van der Waals surface area contributed by atoms with Crippen LogP contribution in [0.5, 0.6) is 0 Å². The first-order valence-corrected chi connectivity index (χ1v) is 5.47. The van der Waals surface area contributed by atoms with Crippen LogP contribution < -0.4 is 5.32 Å². The van der Waals surface area contributed by atoms with Crippen LogP contribution in [0.1, 0.15) is 49.3 Å². The predicted molar refractivity (Wildman–Crippen MR) is 51.1 cm³/mol. The van der Waals surface area contributed by atoms with Gasteiger partial charge in [0.05, 0.1) is 0 Å². The second kappa shape index (κ2) is 3.35. The monoisotopic (exact) mass is 193 g/mol. The summed E-state index contributed by atoms with van der Waals surface area (Å²) in [5, 5.41) is 11.6. The van der Waals surface area contributed by atoms with E-state index in [0.29, 0.717) is 11.8 Å². The van der Waals surface area contributed by atoms with Gasteiger partial charge in [-0.25, -0.2) is 0 Å². The van der Waals surface area contributed by atoms with Crippen LogP contribution in [-0.2, 0) is 0 Å². The van der Waals surface area contributed by atoms with E-state index in [0.717, 1.165) is 24.9 Å². The van der Waals surface area contributed by atoms with E-state index in [9.17, 15) is 0 Å². The summed E-state index contributed by atoms with van der Waals surface area (Å²) in [5.41, 5.74) is 0. The van der Waals surface area contributed by atoms with Gasteiger partial charge in [-0.2, -0.15) is 0 Å². The molecule has 1 aromatic heterocycles. The second-order valence-electron chi connectivity index (χ2n) is 4.30. The van der Waals surface area contributed by atoms with Crippen molar-refractivity contribution in [2.75, 3.05) is 13.1 Å². The van der Waals surface area contributed by atoms with Crippen molar-refractivity contribution in [1.29, 1.82) is 0 Å². The van der Waals surface area contributed by atoms with Crippen molar-refractivity contribution < 1.29 is 4.42 Å². The van der Waals surface area contributed by atoms with Crippen molar-refractivity contribution in [1.82, 2.24) is 15.5 Å². The molecule has 4 heteroatoms. The minimum Gasteiger partial charge on any atom is -0.425 e. The van der Waals surface area contributed by atoms with Crippen LogP contribution >= 0.6 is 0 Å². The lowest BCUT2D eigenvalue weighted by Crippen LogP contribution is -2.28. The van der Waals surface area contributed by atoms with E-state index in [4.69, 9.17) is 4.42 Å². The maximum absolute atomic E-state index is 5.68. The lowest BCUT2D eigenvalue weighted by atomic mass is 10.00. The largest absolute Gasteiger partial charge is 0.425 e. The average Bonchev–Trinajstić information content (AvgIpc) is 2.98. The van der Waals surface area contributed by atoms with Gasteiger partial charge in [0.25, 0.3) is 0 Å². The summed E-state index contributed by atoms with van der Waals surface area (Å²) in [6, 6.07) is 0. The first kappa shape index (κ1) is 8.41. The maximum Gasteiger partial charge on any atom is 0.220 e. The Balaban J connectivity index is 1.74. The lowest BCUT2D eigenvalue weighted by Gasteiger charge is -2.18. The molecule has 1 aromatic rings. The second-order valence-corrected chi connectivity index (χ2v) is 4.30. The average molecular weight is 193 g/mol. The summed E-state index contributed by atoms with van der Waals surface area (Å²) in [6.45, 7) is 2.12. The summed E-state index contributed by atoms with van der Waals surface area (Å²) >= 11 is 0. The molecular formula is C10H15N3O. The van der Waals surface area contributed by atoms with Crippen molar-refractivity contribution >= 4 is 0 Å². The number of aromatic nitrogens is 2. The molecule has 4 nitrogen and oxygen atoms in total. The summed E-state index contributed by atoms with van der Waals surface area (Å²) < 4.78 is 5.68. The molecule has 2 aliphatic rings. The molecule has 1 unspecified atom stereocenters. The smallest absolute Gasteiger partial charge is 0.220 e. The van der Waals surface area contributed by atoms with Crippen LogP contribution in [0.2, 0.25) is 0 Å². The first-order valence-electron chi connectivity index (χ1n) is 5.47. The van der Waals surface area contributed by atoms with Gasteiger partial charge in [0.1, 0.15) is 0 Å². The number of piperidine rings is 1. The molecule has 0 bridgehead atoms. The first-order chi connectivity index (χ1) is 6.93. The van der Waals surface area contributed by atoms with E-state index in [-0.39, 0.29) is 0 Å². The molecule has 76 valence electrons. The van der Waals surface area contributed by atoms with Crippen molar-refractivity contribution in [2.45, 2.75) is 37.5 Å². The molecule has 1 aliphatic heterocycles. The highest BCUT2D eigenvalue weighted by molar-refractivity contribution is 5.02. The molecule has 1 saturated carbocycles. The molecule has 3 rings (SSSR count). The Morgan fingerprint density at radius 3 is 2.50 bits per heavy atom. The van der Waals surface area contributed by atoms with Gasteiger partial charge < -0.3 is 9.73 Å². The molecule has 1 aliphatic carbocycles. The van der Waals surface area contributed by atoms with Crippen LogP contribution in [0, 0.1) is 0 Å². The van der Waals surface area contributed by atoms with Gasteiger partial charge >= 0.3 is 0 Å². The quantitative estimate of drug-likeness (QED) is 0.771. The van der Waals surface area contributed by atoms with Crippen LogP contribution in [0.3, 0.4) is 0 Å². The van der Waals surface area contributed by atoms with Crippen molar-refractivity contribution in [3.8, 4) is 0 Å². The molecule has 14 heavy (non-hydrogen) atoms. The molecular weight excluding hydrogens is 178 g/mol. The zero-order valence-electron chi connectivity index (χ0n) is 8.20. The highest BCUT2D eigenvalue weighted by Gasteiger charge is 2.30. The fourth-order valence-electron chi connectivity index (χ4n) is 1.97. The SMILES string of the molecule is C1CNCC(c2nnc(C3CC3)o2)C1. The highest BCUT2D eigenvalue weighted by Crippen LogP contribution is 2.39. The summed E-state index contributed by atoms with van der Waals surface area (Å²) in [5.74, 6) is 2.74. The van der Waals surface area contributed by atoms with Crippen LogP contribution in [0.4, 0.5) is 0 Å². The minimum absolute atomic E-state index is 0.448. The maximum atomic E-state index is 5.68. The molecule has 2 heterocycles. The van der Waals surface area contributed by atoms with Gasteiger partial charge in [-0.15, -0.1) is 10.2 Å². The third-order valence-electron chi connectivity index (χ3n) is 3.03. The van der Waals surface area contributed by atoms with E-state index < -0.39 is 0 Å². The molecule has 0 aromatic carbocycles. The molecule has 1 atom stereocenters. The minimum atomic E-state index is 0.448. The summed E-state index contributed by atoms with van der Waals surface area (Å²) in [4.78, 5) is 0. The molecule has 1 saturated heterocycles. The van der Waals surface area contributed by atoms with Crippen molar-refractivity contribution in [2.24, 2.45) is 0 Å². The van der Waals surface area contributed by atoms with Crippen LogP contribution in [0.15, 0.2) is 4.42 Å². The Bertz CT molecular complexity index is 313. The van der Waals surface area contributed by atoms with Gasteiger partial charge in [0, 0.05) is 18.4 Å². The Kier molecular flexibility index (Phi) is 2.01. The Morgan fingerprint density at radius 2 is 1.86 bits per heavy atom. The number of nitrogens with zero attached hydrogens (tertiary/aromatic N) is 2. The highest BCUT2D eigenvalue weighted by atomic mass is 16.4. The molecule has 0 amide bonds. The van der Waals surface area contributed by atoms with E-state index in [1.807, 2.05) is 0 Å². The Labute approximate surface area is 83.1 Å². The molecule has 2 fully saturated rings. The fourth-order valence-corrected chi connectivity index (χ4v) is 1.97. The van der Waals surface area contributed by atoms with Gasteiger partial charge in [0.15, 0.2) is 0 Å². The van der Waals surface area contributed by atoms with E-state index >= 15 is 0 Å². The van der Waals surface area contributed by atoms with Gasteiger partial charge in [-0.05, 0) is 32.2 Å². The lowest BCUT2D eigenvalue weighted by molar-refractivity contribution is 0.363. The topological polar surface area (TPSA) is 51.0 Å².